The Kier molecular flexibility index (Phi) is 6.73. The third-order valence-electron chi connectivity index (χ3n) is 4.10. The standard InChI is InChI=1S/C20H20BrN3O2S/c21-18-8-6-16(7-9-18)3-2-11-22-13-14-24-27(25,26)20-5-1-4-17-15-23-12-10-19(17)20/h1-10,12,15,22,24H,11,13-14H2/p+2/b3-2+. The fourth-order valence-electron chi connectivity index (χ4n) is 2.73. The molecule has 0 saturated heterocycles. The molecule has 0 unspecified atom stereocenters. The second-order valence-corrected chi connectivity index (χ2v) is 8.72. The van der Waals surface area contributed by atoms with Gasteiger partial charge < -0.3 is 5.32 Å². The summed E-state index contributed by atoms with van der Waals surface area (Å²) in [6.07, 6.45) is 7.64. The van der Waals surface area contributed by atoms with Crippen LogP contribution in [0.1, 0.15) is 5.56 Å². The number of aromatic amines is 1. The highest BCUT2D eigenvalue weighted by atomic mass is 79.9. The molecule has 0 saturated carbocycles. The lowest BCUT2D eigenvalue weighted by atomic mass is 10.2. The Hall–Kier alpha value is -2.06. The van der Waals surface area contributed by atoms with E-state index in [9.17, 15) is 8.42 Å². The number of halogens is 1. The van der Waals surface area contributed by atoms with E-state index in [0.29, 0.717) is 23.4 Å². The molecule has 2 aromatic carbocycles. The molecular formula is C20H22BrN3O2S+2. The van der Waals surface area contributed by atoms with Gasteiger partial charge in [0, 0.05) is 21.3 Å². The molecule has 4 N–H and O–H groups in total. The Morgan fingerprint density at radius 2 is 1.93 bits per heavy atom. The average molecular weight is 448 g/mol. The topological polar surface area (TPSA) is 76.9 Å². The second-order valence-electron chi connectivity index (χ2n) is 6.07. The lowest BCUT2D eigenvalue weighted by molar-refractivity contribution is -0.643. The Balaban J connectivity index is 1.49. The van der Waals surface area contributed by atoms with Gasteiger partial charge in [0.15, 0.2) is 12.4 Å². The highest BCUT2D eigenvalue weighted by Crippen LogP contribution is 2.20. The summed E-state index contributed by atoms with van der Waals surface area (Å²) in [6, 6.07) is 15.1. The van der Waals surface area contributed by atoms with E-state index in [4.69, 9.17) is 0 Å². The maximum absolute atomic E-state index is 12.6. The first-order valence-electron chi connectivity index (χ1n) is 8.68. The summed E-state index contributed by atoms with van der Waals surface area (Å²) in [5, 5.41) is 3.64. The lowest BCUT2D eigenvalue weighted by Gasteiger charge is -2.08. The Bertz CT molecular complexity index is 1030. The minimum atomic E-state index is -3.53. The first-order valence-corrected chi connectivity index (χ1v) is 11.0. The zero-order valence-electron chi connectivity index (χ0n) is 14.7. The summed E-state index contributed by atoms with van der Waals surface area (Å²) in [6.45, 7) is 1.84. The zero-order valence-corrected chi connectivity index (χ0v) is 17.1. The molecule has 1 aromatic heterocycles. The maximum atomic E-state index is 12.6. The van der Waals surface area contributed by atoms with Gasteiger partial charge in [-0.2, -0.15) is 0 Å². The van der Waals surface area contributed by atoms with Crippen LogP contribution in [-0.4, -0.2) is 28.1 Å². The van der Waals surface area contributed by atoms with Crippen LogP contribution in [0.2, 0.25) is 0 Å². The molecule has 0 aliphatic heterocycles. The zero-order chi connectivity index (χ0) is 19.1. The first-order chi connectivity index (χ1) is 13.1. The summed E-state index contributed by atoms with van der Waals surface area (Å²) in [5.41, 5.74) is 1.14. The van der Waals surface area contributed by atoms with E-state index in [2.05, 4.69) is 43.1 Å². The quantitative estimate of drug-likeness (QED) is 0.517. The van der Waals surface area contributed by atoms with Gasteiger partial charge in [0.1, 0.15) is 0 Å². The average Bonchev–Trinajstić information content (AvgIpc) is 2.68. The smallest absolute Gasteiger partial charge is 0.241 e. The van der Waals surface area contributed by atoms with Gasteiger partial charge in [0.25, 0.3) is 0 Å². The highest BCUT2D eigenvalue weighted by Gasteiger charge is 2.17. The van der Waals surface area contributed by atoms with Crippen molar-refractivity contribution in [2.45, 2.75) is 4.90 Å². The predicted octanol–water partition coefficient (Wildman–Crippen LogP) is 1.97. The van der Waals surface area contributed by atoms with Crippen LogP contribution in [0.4, 0.5) is 0 Å². The number of fused-ring (bicyclic) bond motifs is 1. The number of H-pyrrole nitrogens is 1. The molecule has 5 nitrogen and oxygen atoms in total. The van der Waals surface area contributed by atoms with Gasteiger partial charge in [-0.05, 0) is 35.9 Å². The normalized spacial score (nSPS) is 12.0. The number of hydrogen-bond acceptors (Lipinski definition) is 2. The van der Waals surface area contributed by atoms with Crippen molar-refractivity contribution in [3.63, 3.8) is 0 Å². The van der Waals surface area contributed by atoms with E-state index in [0.717, 1.165) is 22.0 Å². The molecule has 3 rings (SSSR count). The lowest BCUT2D eigenvalue weighted by Crippen LogP contribution is -2.85. The fraction of sp³-hybridized carbons (Fsp3) is 0.150. The van der Waals surface area contributed by atoms with Gasteiger partial charge in [-0.1, -0.05) is 40.2 Å². The van der Waals surface area contributed by atoms with Crippen LogP contribution in [0.5, 0.6) is 0 Å². The number of quaternary nitrogens is 1. The molecule has 7 heteroatoms. The van der Waals surface area contributed by atoms with E-state index in [1.165, 1.54) is 0 Å². The Morgan fingerprint density at radius 3 is 2.74 bits per heavy atom. The van der Waals surface area contributed by atoms with Crippen LogP contribution >= 0.6 is 15.9 Å². The minimum absolute atomic E-state index is 0.309. The molecule has 0 spiro atoms. The Morgan fingerprint density at radius 1 is 1.11 bits per heavy atom. The van der Waals surface area contributed by atoms with Crippen molar-refractivity contribution in [3.05, 3.63) is 77.0 Å². The number of nitrogens with two attached hydrogens (primary N) is 1. The minimum Gasteiger partial charge on any atom is -0.342 e. The molecule has 0 radical (unpaired) electrons. The largest absolute Gasteiger partial charge is 0.342 e. The maximum Gasteiger partial charge on any atom is 0.241 e. The number of pyridine rings is 1. The van der Waals surface area contributed by atoms with Crippen molar-refractivity contribution in [2.75, 3.05) is 19.6 Å². The van der Waals surface area contributed by atoms with Crippen molar-refractivity contribution in [3.8, 4) is 0 Å². The Labute approximate surface area is 167 Å². The van der Waals surface area contributed by atoms with Gasteiger partial charge in [-0.15, -0.1) is 0 Å². The van der Waals surface area contributed by atoms with Crippen LogP contribution in [0.15, 0.2) is 76.4 Å². The molecule has 1 heterocycles. The van der Waals surface area contributed by atoms with Crippen molar-refractivity contribution in [2.24, 2.45) is 0 Å². The van der Waals surface area contributed by atoms with Gasteiger partial charge in [-0.25, -0.2) is 18.1 Å². The van der Waals surface area contributed by atoms with E-state index in [1.807, 2.05) is 30.3 Å². The van der Waals surface area contributed by atoms with Crippen LogP contribution in [-0.2, 0) is 10.0 Å². The number of aromatic nitrogens is 1. The second kappa shape index (κ2) is 9.23. The van der Waals surface area contributed by atoms with Crippen molar-refractivity contribution in [1.29, 1.82) is 0 Å². The van der Waals surface area contributed by atoms with Crippen molar-refractivity contribution < 1.29 is 18.7 Å². The van der Waals surface area contributed by atoms with E-state index < -0.39 is 10.0 Å². The molecule has 0 amide bonds. The number of hydrogen-bond donors (Lipinski definition) is 2. The van der Waals surface area contributed by atoms with Gasteiger partial charge >= 0.3 is 0 Å². The molecule has 27 heavy (non-hydrogen) atoms. The highest BCUT2D eigenvalue weighted by molar-refractivity contribution is 9.10. The number of nitrogens with one attached hydrogen (secondary N) is 2. The molecule has 0 atom stereocenters. The molecule has 0 bridgehead atoms. The van der Waals surface area contributed by atoms with E-state index in [1.54, 1.807) is 30.6 Å². The summed E-state index contributed by atoms with van der Waals surface area (Å²) in [5.74, 6) is 0. The number of sulfonamides is 1. The van der Waals surface area contributed by atoms with Gasteiger partial charge in [-0.3, -0.25) is 0 Å². The SMILES string of the molecule is O=S(=O)(NCC[NH2+]C/C=C/c1ccc(Br)cc1)c1cccc2c[nH+]ccc12. The molecule has 0 fully saturated rings. The fourth-order valence-corrected chi connectivity index (χ4v) is 4.27. The summed E-state index contributed by atoms with van der Waals surface area (Å²) in [4.78, 5) is 3.28. The van der Waals surface area contributed by atoms with Gasteiger partial charge in [0.05, 0.1) is 24.5 Å². The molecule has 140 valence electrons. The number of rotatable bonds is 8. The van der Waals surface area contributed by atoms with Crippen LogP contribution in [0, 0.1) is 0 Å². The first kappa shape index (κ1) is 19.7. The third kappa shape index (κ3) is 5.46. The van der Waals surface area contributed by atoms with E-state index >= 15 is 0 Å². The third-order valence-corrected chi connectivity index (χ3v) is 6.15. The van der Waals surface area contributed by atoms with Crippen molar-refractivity contribution >= 4 is 42.8 Å². The summed E-state index contributed by atoms with van der Waals surface area (Å²) in [7, 11) is -3.53. The van der Waals surface area contributed by atoms with Gasteiger partial charge in [0.2, 0.25) is 10.0 Å². The molecule has 3 aromatic rings. The number of benzene rings is 2. The molecule has 0 aliphatic rings. The van der Waals surface area contributed by atoms with E-state index in [-0.39, 0.29) is 0 Å². The monoisotopic (exact) mass is 447 g/mol. The van der Waals surface area contributed by atoms with Crippen LogP contribution in [0.25, 0.3) is 16.8 Å². The van der Waals surface area contributed by atoms with Crippen molar-refractivity contribution in [1.82, 2.24) is 4.72 Å². The summed E-state index contributed by atoms with van der Waals surface area (Å²) < 4.78 is 28.9. The van der Waals surface area contributed by atoms with Crippen LogP contribution < -0.4 is 15.0 Å². The molecule has 0 aliphatic carbocycles. The predicted molar refractivity (Wildman–Crippen MR) is 111 cm³/mol. The van der Waals surface area contributed by atoms with Crippen LogP contribution in [0.3, 0.4) is 0 Å². The molecular weight excluding hydrogens is 426 g/mol. The summed E-state index contributed by atoms with van der Waals surface area (Å²) >= 11 is 3.41.